The monoisotopic (exact) mass is 257 g/mol. The number of esters is 1. The molecule has 106 valence electrons. The van der Waals surface area contributed by atoms with Gasteiger partial charge in [-0.25, -0.2) is 0 Å². The van der Waals surface area contributed by atoms with Gasteiger partial charge in [-0.15, -0.1) is 0 Å². The highest BCUT2D eigenvalue weighted by Crippen LogP contribution is 2.26. The Morgan fingerprint density at radius 2 is 2.06 bits per heavy atom. The van der Waals surface area contributed by atoms with Crippen LogP contribution in [0.1, 0.15) is 52.9 Å². The molecule has 1 rings (SSSR count). The van der Waals surface area contributed by atoms with E-state index < -0.39 is 5.54 Å². The summed E-state index contributed by atoms with van der Waals surface area (Å²) in [5.74, 6) is 0.274. The summed E-state index contributed by atoms with van der Waals surface area (Å²) in [5.41, 5.74) is 5.01. The summed E-state index contributed by atoms with van der Waals surface area (Å²) in [7, 11) is 0. The minimum Gasteiger partial charge on any atom is -0.465 e. The summed E-state index contributed by atoms with van der Waals surface area (Å²) in [6.07, 6.45) is 5.75. The lowest BCUT2D eigenvalue weighted by Crippen LogP contribution is -2.47. The van der Waals surface area contributed by atoms with Gasteiger partial charge in [0.1, 0.15) is 5.54 Å². The number of hydrogen-bond acceptors (Lipinski definition) is 4. The van der Waals surface area contributed by atoms with Crippen LogP contribution in [0, 0.1) is 5.92 Å². The van der Waals surface area contributed by atoms with Crippen molar-refractivity contribution in [3.63, 3.8) is 0 Å². The van der Waals surface area contributed by atoms with Crippen molar-refractivity contribution in [2.45, 2.75) is 64.5 Å². The first-order valence-electron chi connectivity index (χ1n) is 7.05. The Morgan fingerprint density at radius 3 is 2.67 bits per heavy atom. The lowest BCUT2D eigenvalue weighted by Gasteiger charge is -2.30. The second kappa shape index (κ2) is 7.10. The Balaban J connectivity index is 2.29. The molecule has 0 saturated heterocycles. The van der Waals surface area contributed by atoms with E-state index in [0.717, 1.165) is 6.42 Å². The van der Waals surface area contributed by atoms with E-state index in [4.69, 9.17) is 15.2 Å². The third-order valence-electron chi connectivity index (χ3n) is 3.73. The summed E-state index contributed by atoms with van der Waals surface area (Å²) in [6, 6.07) is 0. The first kappa shape index (κ1) is 15.4. The fourth-order valence-electron chi connectivity index (χ4n) is 2.35. The van der Waals surface area contributed by atoms with Gasteiger partial charge < -0.3 is 15.2 Å². The van der Waals surface area contributed by atoms with Crippen molar-refractivity contribution >= 4 is 5.97 Å². The van der Waals surface area contributed by atoms with Crippen LogP contribution >= 0.6 is 0 Å². The van der Waals surface area contributed by atoms with Crippen molar-refractivity contribution in [1.82, 2.24) is 0 Å². The van der Waals surface area contributed by atoms with Crippen molar-refractivity contribution in [3.05, 3.63) is 0 Å². The fraction of sp³-hybridized carbons (Fsp3) is 0.929. The van der Waals surface area contributed by atoms with Crippen LogP contribution in [0.25, 0.3) is 0 Å². The Labute approximate surface area is 110 Å². The summed E-state index contributed by atoms with van der Waals surface area (Å²) >= 11 is 0. The van der Waals surface area contributed by atoms with E-state index in [1.165, 1.54) is 19.3 Å². The zero-order valence-corrected chi connectivity index (χ0v) is 11.9. The molecule has 0 heterocycles. The summed E-state index contributed by atoms with van der Waals surface area (Å²) in [4.78, 5) is 11.6. The van der Waals surface area contributed by atoms with Crippen LogP contribution in [-0.4, -0.2) is 30.8 Å². The summed E-state index contributed by atoms with van der Waals surface area (Å²) in [6.45, 7) is 6.62. The van der Waals surface area contributed by atoms with Gasteiger partial charge in [0.15, 0.2) is 0 Å². The maximum absolute atomic E-state index is 11.6. The zero-order valence-electron chi connectivity index (χ0n) is 11.9. The molecule has 4 nitrogen and oxygen atoms in total. The van der Waals surface area contributed by atoms with Crippen molar-refractivity contribution in [3.8, 4) is 0 Å². The highest BCUT2D eigenvalue weighted by atomic mass is 16.5. The molecule has 0 aromatic carbocycles. The van der Waals surface area contributed by atoms with E-state index in [0.29, 0.717) is 31.7 Å². The minimum absolute atomic E-state index is 0.330. The third-order valence-corrected chi connectivity index (χ3v) is 3.73. The molecular formula is C14H27NO3. The molecular weight excluding hydrogens is 230 g/mol. The van der Waals surface area contributed by atoms with Gasteiger partial charge in [0.25, 0.3) is 0 Å². The van der Waals surface area contributed by atoms with E-state index in [2.05, 4.69) is 6.92 Å². The van der Waals surface area contributed by atoms with Crippen LogP contribution in [0.3, 0.4) is 0 Å². The molecule has 0 radical (unpaired) electrons. The predicted molar refractivity (Wildman–Crippen MR) is 71.2 cm³/mol. The molecule has 3 unspecified atom stereocenters. The lowest BCUT2D eigenvalue weighted by molar-refractivity contribution is -0.150. The minimum atomic E-state index is -0.937. The molecule has 1 fully saturated rings. The molecule has 0 aromatic rings. The molecule has 18 heavy (non-hydrogen) atoms. The highest BCUT2D eigenvalue weighted by Gasteiger charge is 2.30. The molecule has 0 amide bonds. The summed E-state index contributed by atoms with van der Waals surface area (Å²) < 4.78 is 10.8. The van der Waals surface area contributed by atoms with E-state index in [1.54, 1.807) is 13.8 Å². The average Bonchev–Trinajstić information content (AvgIpc) is 2.32. The van der Waals surface area contributed by atoms with E-state index in [9.17, 15) is 4.79 Å². The number of carbonyl (C=O) groups excluding carboxylic acids is 1. The first-order valence-corrected chi connectivity index (χ1v) is 7.05. The van der Waals surface area contributed by atoms with E-state index >= 15 is 0 Å². The van der Waals surface area contributed by atoms with Crippen LogP contribution in [-0.2, 0) is 14.3 Å². The van der Waals surface area contributed by atoms with Crippen molar-refractivity contribution in [2.24, 2.45) is 11.7 Å². The quantitative estimate of drug-likeness (QED) is 0.741. The Kier molecular flexibility index (Phi) is 6.09. The maximum Gasteiger partial charge on any atom is 0.325 e. The third kappa shape index (κ3) is 4.58. The molecule has 1 aliphatic carbocycles. The van der Waals surface area contributed by atoms with Gasteiger partial charge in [0.05, 0.1) is 12.7 Å². The lowest BCUT2D eigenvalue weighted by atomic mass is 9.88. The first-order chi connectivity index (χ1) is 8.47. The van der Waals surface area contributed by atoms with Gasteiger partial charge in [-0.3, -0.25) is 4.79 Å². The molecule has 0 spiro atoms. The molecule has 3 atom stereocenters. The van der Waals surface area contributed by atoms with Crippen LogP contribution in [0.5, 0.6) is 0 Å². The smallest absolute Gasteiger partial charge is 0.325 e. The van der Waals surface area contributed by atoms with Gasteiger partial charge in [0, 0.05) is 6.61 Å². The van der Waals surface area contributed by atoms with Gasteiger partial charge in [-0.05, 0) is 39.0 Å². The van der Waals surface area contributed by atoms with Gasteiger partial charge in [-0.1, -0.05) is 19.8 Å². The molecule has 2 N–H and O–H groups in total. The second-order valence-electron chi connectivity index (χ2n) is 5.56. The molecule has 4 heteroatoms. The van der Waals surface area contributed by atoms with E-state index in [1.807, 2.05) is 0 Å². The van der Waals surface area contributed by atoms with Gasteiger partial charge >= 0.3 is 5.97 Å². The number of nitrogens with two attached hydrogens (primary N) is 1. The molecule has 1 saturated carbocycles. The number of hydrogen-bond donors (Lipinski definition) is 1. The van der Waals surface area contributed by atoms with Crippen LogP contribution in [0.2, 0.25) is 0 Å². The van der Waals surface area contributed by atoms with Gasteiger partial charge in [0.2, 0.25) is 0 Å². The normalized spacial score (nSPS) is 27.6. The Morgan fingerprint density at radius 1 is 1.39 bits per heavy atom. The van der Waals surface area contributed by atoms with Crippen LogP contribution < -0.4 is 5.73 Å². The fourth-order valence-corrected chi connectivity index (χ4v) is 2.35. The largest absolute Gasteiger partial charge is 0.465 e. The standard InChI is InChI=1S/C14H27NO3/c1-4-17-13(16)14(3,15)9-10-18-12-8-6-5-7-11(12)2/h11-12H,4-10,15H2,1-3H3. The highest BCUT2D eigenvalue weighted by molar-refractivity contribution is 5.79. The van der Waals surface area contributed by atoms with Crippen molar-refractivity contribution < 1.29 is 14.3 Å². The number of rotatable bonds is 6. The van der Waals surface area contributed by atoms with Crippen LogP contribution in [0.4, 0.5) is 0 Å². The molecule has 0 aliphatic heterocycles. The van der Waals surface area contributed by atoms with Gasteiger partial charge in [-0.2, -0.15) is 0 Å². The van der Waals surface area contributed by atoms with Crippen molar-refractivity contribution in [2.75, 3.05) is 13.2 Å². The van der Waals surface area contributed by atoms with E-state index in [-0.39, 0.29) is 5.97 Å². The molecule has 1 aliphatic rings. The Bertz CT molecular complexity index is 266. The van der Waals surface area contributed by atoms with Crippen LogP contribution in [0.15, 0.2) is 0 Å². The van der Waals surface area contributed by atoms with Crippen molar-refractivity contribution in [1.29, 1.82) is 0 Å². The number of ether oxygens (including phenoxy) is 2. The molecule has 0 aromatic heterocycles. The topological polar surface area (TPSA) is 61.5 Å². The second-order valence-corrected chi connectivity index (χ2v) is 5.56. The maximum atomic E-state index is 11.6. The number of carbonyl (C=O) groups is 1. The average molecular weight is 257 g/mol. The predicted octanol–water partition coefficient (Wildman–Crippen LogP) is 2.25. The SMILES string of the molecule is CCOC(=O)C(C)(N)CCOC1CCCCC1C. The molecule has 0 bridgehead atoms. The zero-order chi connectivity index (χ0) is 13.6. The Hall–Kier alpha value is -0.610. The summed E-state index contributed by atoms with van der Waals surface area (Å²) in [5, 5.41) is 0.